The highest BCUT2D eigenvalue weighted by atomic mass is 35.5. The van der Waals surface area contributed by atoms with Gasteiger partial charge in [0.1, 0.15) is 0 Å². The van der Waals surface area contributed by atoms with Gasteiger partial charge in [-0.25, -0.2) is 0 Å². The van der Waals surface area contributed by atoms with Gasteiger partial charge in [0.25, 0.3) is 0 Å². The zero-order chi connectivity index (χ0) is 14.2. The Morgan fingerprint density at radius 2 is 2.05 bits per heavy atom. The van der Waals surface area contributed by atoms with E-state index >= 15 is 0 Å². The minimum absolute atomic E-state index is 0.434. The molecule has 7 heteroatoms. The van der Waals surface area contributed by atoms with Crippen LogP contribution in [0.3, 0.4) is 0 Å². The summed E-state index contributed by atoms with van der Waals surface area (Å²) < 4.78 is 4.98. The van der Waals surface area contributed by atoms with Crippen LogP contribution in [0.25, 0.3) is 0 Å². The zero-order valence-corrected chi connectivity index (χ0v) is 11.9. The number of hydrogen-bond acceptors (Lipinski definition) is 6. The second kappa shape index (κ2) is 7.62. The number of ether oxygens (including phenoxy) is 1. The van der Waals surface area contributed by atoms with Crippen molar-refractivity contribution >= 4 is 29.1 Å². The number of nitrogens with zero attached hydrogens (tertiary/aromatic N) is 3. The normalized spacial score (nSPS) is 10.3. The van der Waals surface area contributed by atoms with Crippen molar-refractivity contribution in [3.05, 3.63) is 35.5 Å². The topological polar surface area (TPSA) is 72.0 Å². The molecule has 0 radical (unpaired) electrons. The van der Waals surface area contributed by atoms with E-state index in [9.17, 15) is 0 Å². The van der Waals surface area contributed by atoms with Crippen molar-refractivity contribution in [2.75, 3.05) is 30.9 Å². The molecule has 1 aromatic heterocycles. The van der Waals surface area contributed by atoms with E-state index in [2.05, 4.69) is 25.8 Å². The first-order chi connectivity index (χ1) is 9.78. The number of halogens is 1. The van der Waals surface area contributed by atoms with Gasteiger partial charge in [-0.15, -0.1) is 5.10 Å². The third-order valence-electron chi connectivity index (χ3n) is 2.49. The van der Waals surface area contributed by atoms with Crippen molar-refractivity contribution in [2.45, 2.75) is 6.42 Å². The van der Waals surface area contributed by atoms with E-state index in [1.54, 1.807) is 25.4 Å². The number of rotatable bonds is 7. The van der Waals surface area contributed by atoms with Gasteiger partial charge in [-0.2, -0.15) is 10.1 Å². The highest BCUT2D eigenvalue weighted by molar-refractivity contribution is 6.30. The Bertz CT molecular complexity index is 535. The molecule has 0 aliphatic heterocycles. The second-order valence-corrected chi connectivity index (χ2v) is 4.51. The molecular weight excluding hydrogens is 278 g/mol. The van der Waals surface area contributed by atoms with Gasteiger partial charge in [0.15, 0.2) is 5.82 Å². The monoisotopic (exact) mass is 293 g/mol. The van der Waals surface area contributed by atoms with Crippen LogP contribution >= 0.6 is 11.6 Å². The van der Waals surface area contributed by atoms with Crippen LogP contribution in [0, 0.1) is 0 Å². The Hall–Kier alpha value is -1.92. The van der Waals surface area contributed by atoms with Crippen LogP contribution in [0.5, 0.6) is 0 Å². The van der Waals surface area contributed by atoms with E-state index in [4.69, 9.17) is 16.3 Å². The van der Waals surface area contributed by atoms with E-state index in [0.717, 1.165) is 18.7 Å². The van der Waals surface area contributed by atoms with Crippen molar-refractivity contribution in [2.24, 2.45) is 0 Å². The Labute approximate surface area is 122 Å². The molecular formula is C13H16ClN5O. The molecule has 0 aliphatic carbocycles. The lowest BCUT2D eigenvalue weighted by molar-refractivity contribution is 0.197. The van der Waals surface area contributed by atoms with Crippen LogP contribution in [-0.4, -0.2) is 35.4 Å². The highest BCUT2D eigenvalue weighted by Crippen LogP contribution is 2.16. The fraction of sp³-hybridized carbons (Fsp3) is 0.308. The molecule has 2 aromatic rings. The van der Waals surface area contributed by atoms with E-state index in [1.165, 1.54) is 0 Å². The quantitative estimate of drug-likeness (QED) is 0.765. The van der Waals surface area contributed by atoms with Crippen LogP contribution in [0.1, 0.15) is 6.42 Å². The first kappa shape index (κ1) is 14.5. The van der Waals surface area contributed by atoms with Gasteiger partial charge in [-0.3, -0.25) is 0 Å². The molecule has 0 bridgehead atoms. The summed E-state index contributed by atoms with van der Waals surface area (Å²) in [5, 5.41) is 14.7. The molecule has 106 valence electrons. The summed E-state index contributed by atoms with van der Waals surface area (Å²) in [7, 11) is 1.68. The molecule has 20 heavy (non-hydrogen) atoms. The van der Waals surface area contributed by atoms with Gasteiger partial charge in [0, 0.05) is 31.0 Å². The molecule has 2 N–H and O–H groups in total. The molecule has 0 atom stereocenters. The summed E-state index contributed by atoms with van der Waals surface area (Å²) >= 11 is 5.83. The molecule has 0 saturated heterocycles. The number of hydrogen-bond donors (Lipinski definition) is 2. The lowest BCUT2D eigenvalue weighted by Gasteiger charge is -2.07. The molecule has 0 amide bonds. The maximum atomic E-state index is 5.83. The van der Waals surface area contributed by atoms with Gasteiger partial charge in [0.2, 0.25) is 5.95 Å². The summed E-state index contributed by atoms with van der Waals surface area (Å²) in [6, 6.07) is 7.29. The van der Waals surface area contributed by atoms with Gasteiger partial charge < -0.3 is 15.4 Å². The second-order valence-electron chi connectivity index (χ2n) is 4.07. The van der Waals surface area contributed by atoms with Crippen molar-refractivity contribution in [1.82, 2.24) is 15.2 Å². The minimum Gasteiger partial charge on any atom is -0.385 e. The molecule has 0 spiro atoms. The SMILES string of the molecule is COCCCNc1cnnc(Nc2ccc(Cl)cc2)n1. The predicted molar refractivity (Wildman–Crippen MR) is 79.5 cm³/mol. The fourth-order valence-electron chi connectivity index (χ4n) is 1.54. The number of anilines is 3. The summed E-state index contributed by atoms with van der Waals surface area (Å²) in [5.74, 6) is 1.11. The van der Waals surface area contributed by atoms with Crippen LogP contribution < -0.4 is 10.6 Å². The molecule has 6 nitrogen and oxygen atoms in total. The van der Waals surface area contributed by atoms with Gasteiger partial charge in [-0.05, 0) is 30.7 Å². The molecule has 0 unspecified atom stereocenters. The smallest absolute Gasteiger partial charge is 0.249 e. The van der Waals surface area contributed by atoms with Crippen molar-refractivity contribution in [3.63, 3.8) is 0 Å². The minimum atomic E-state index is 0.434. The molecule has 1 heterocycles. The van der Waals surface area contributed by atoms with Crippen molar-refractivity contribution in [1.29, 1.82) is 0 Å². The van der Waals surface area contributed by atoms with Crippen molar-refractivity contribution < 1.29 is 4.74 Å². The molecule has 2 rings (SSSR count). The standard InChI is InChI=1S/C13H16ClN5O/c1-20-8-2-7-15-12-9-16-19-13(18-12)17-11-5-3-10(14)4-6-11/h3-6,9H,2,7-8H2,1H3,(H2,15,17,18,19). The Balaban J connectivity index is 1.93. The first-order valence-corrected chi connectivity index (χ1v) is 6.61. The van der Waals surface area contributed by atoms with Crippen LogP contribution in [0.15, 0.2) is 30.5 Å². The van der Waals surface area contributed by atoms with Gasteiger partial charge >= 0.3 is 0 Å². The fourth-order valence-corrected chi connectivity index (χ4v) is 1.66. The average molecular weight is 294 g/mol. The maximum Gasteiger partial charge on any atom is 0.249 e. The lowest BCUT2D eigenvalue weighted by atomic mass is 10.3. The molecule has 0 saturated carbocycles. The summed E-state index contributed by atoms with van der Waals surface area (Å²) in [6.45, 7) is 1.48. The third-order valence-corrected chi connectivity index (χ3v) is 2.74. The van der Waals surface area contributed by atoms with Crippen molar-refractivity contribution in [3.8, 4) is 0 Å². The average Bonchev–Trinajstić information content (AvgIpc) is 2.47. The molecule has 0 aliphatic rings. The van der Waals surface area contributed by atoms with Gasteiger partial charge in [-0.1, -0.05) is 11.6 Å². The summed E-state index contributed by atoms with van der Waals surface area (Å²) in [4.78, 5) is 4.32. The van der Waals surface area contributed by atoms with E-state index < -0.39 is 0 Å². The number of aromatic nitrogens is 3. The first-order valence-electron chi connectivity index (χ1n) is 6.23. The largest absolute Gasteiger partial charge is 0.385 e. The lowest BCUT2D eigenvalue weighted by Crippen LogP contribution is -2.08. The van der Waals surface area contributed by atoms with Crippen LogP contribution in [0.2, 0.25) is 5.02 Å². The number of benzene rings is 1. The summed E-state index contributed by atoms with van der Waals surface area (Å²) in [6.07, 6.45) is 2.49. The van der Waals surface area contributed by atoms with E-state index in [0.29, 0.717) is 23.4 Å². The van der Waals surface area contributed by atoms with Crippen LogP contribution in [0.4, 0.5) is 17.5 Å². The zero-order valence-electron chi connectivity index (χ0n) is 11.1. The van der Waals surface area contributed by atoms with E-state index in [1.807, 2.05) is 12.1 Å². The Morgan fingerprint density at radius 1 is 1.25 bits per heavy atom. The number of methoxy groups -OCH3 is 1. The highest BCUT2D eigenvalue weighted by Gasteiger charge is 2.01. The van der Waals surface area contributed by atoms with Gasteiger partial charge in [0.05, 0.1) is 6.20 Å². The molecule has 1 aromatic carbocycles. The third kappa shape index (κ3) is 4.64. The number of nitrogens with one attached hydrogen (secondary N) is 2. The van der Waals surface area contributed by atoms with E-state index in [-0.39, 0.29) is 0 Å². The Kier molecular flexibility index (Phi) is 5.52. The Morgan fingerprint density at radius 3 is 2.80 bits per heavy atom. The predicted octanol–water partition coefficient (Wildman–Crippen LogP) is 2.72. The molecule has 0 fully saturated rings. The van der Waals surface area contributed by atoms with Crippen LogP contribution in [-0.2, 0) is 4.74 Å². The maximum absolute atomic E-state index is 5.83. The summed E-state index contributed by atoms with van der Waals surface area (Å²) in [5.41, 5.74) is 0.854.